The second-order valence-corrected chi connectivity index (χ2v) is 6.42. The van der Waals surface area contributed by atoms with Crippen molar-refractivity contribution >= 4 is 28.5 Å². The second kappa shape index (κ2) is 5.91. The maximum absolute atomic E-state index is 12.4. The first kappa shape index (κ1) is 15.3. The molecule has 2 aromatic rings. The average Bonchev–Trinajstić information content (AvgIpc) is 3.00. The van der Waals surface area contributed by atoms with Gasteiger partial charge in [0.25, 0.3) is 0 Å². The third-order valence-corrected chi connectivity index (χ3v) is 3.95. The molecule has 23 heavy (non-hydrogen) atoms. The Morgan fingerprint density at radius 2 is 2.04 bits per heavy atom. The number of aromatic nitrogens is 2. The summed E-state index contributed by atoms with van der Waals surface area (Å²) in [6.45, 7) is 5.24. The van der Waals surface area contributed by atoms with Crippen LogP contribution in [0.5, 0.6) is 0 Å². The zero-order valence-electron chi connectivity index (χ0n) is 13.2. The highest BCUT2D eigenvalue weighted by atomic mass is 16.2. The third kappa shape index (κ3) is 3.28. The number of imidazole rings is 1. The predicted octanol–water partition coefficient (Wildman–Crippen LogP) is 1.30. The molecule has 1 fully saturated rings. The Morgan fingerprint density at radius 1 is 1.30 bits per heavy atom. The van der Waals surface area contributed by atoms with Gasteiger partial charge >= 0.3 is 5.69 Å². The summed E-state index contributed by atoms with van der Waals surface area (Å²) in [7, 11) is 0. The van der Waals surface area contributed by atoms with E-state index in [0.29, 0.717) is 35.7 Å². The molecule has 3 N–H and O–H groups in total. The van der Waals surface area contributed by atoms with E-state index in [4.69, 9.17) is 0 Å². The molecule has 1 aliphatic rings. The highest BCUT2D eigenvalue weighted by molar-refractivity contribution is 5.98. The molecule has 1 aromatic heterocycles. The van der Waals surface area contributed by atoms with E-state index in [2.05, 4.69) is 15.3 Å². The van der Waals surface area contributed by atoms with E-state index in [1.165, 1.54) is 0 Å². The van der Waals surface area contributed by atoms with Crippen molar-refractivity contribution < 1.29 is 9.59 Å². The minimum Gasteiger partial charge on any atom is -0.342 e. The van der Waals surface area contributed by atoms with Gasteiger partial charge in [0.15, 0.2) is 0 Å². The molecule has 1 aromatic carbocycles. The largest absolute Gasteiger partial charge is 0.342 e. The molecule has 0 spiro atoms. The average molecular weight is 316 g/mol. The number of fused-ring (bicyclic) bond motifs is 1. The number of rotatable bonds is 4. The number of nitrogens with one attached hydrogen (secondary N) is 3. The fraction of sp³-hybridized carbons (Fsp3) is 0.438. The van der Waals surface area contributed by atoms with Gasteiger partial charge in [-0.25, -0.2) is 4.79 Å². The summed E-state index contributed by atoms with van der Waals surface area (Å²) >= 11 is 0. The molecule has 0 radical (unpaired) electrons. The number of anilines is 1. The SMILES string of the molecule is CC(C)CN1CC(C(=O)Nc2ccc3[nH]c(=O)[nH]c3c2)CC1=O. The van der Waals surface area contributed by atoms with Crippen LogP contribution in [0.4, 0.5) is 5.69 Å². The van der Waals surface area contributed by atoms with Crippen molar-refractivity contribution in [2.45, 2.75) is 20.3 Å². The standard InChI is InChI=1S/C16H20N4O3/c1-9(2)7-20-8-10(5-14(20)21)15(22)17-11-3-4-12-13(6-11)19-16(23)18-12/h3-4,6,9-10H,5,7-8H2,1-2H3,(H,17,22)(H2,18,19,23). The molecule has 1 atom stereocenters. The number of benzene rings is 1. The van der Waals surface area contributed by atoms with Crippen LogP contribution in [-0.4, -0.2) is 39.8 Å². The van der Waals surface area contributed by atoms with Gasteiger partial charge in [-0.1, -0.05) is 13.8 Å². The lowest BCUT2D eigenvalue weighted by atomic mass is 10.1. The van der Waals surface area contributed by atoms with Crippen molar-refractivity contribution in [1.29, 1.82) is 0 Å². The van der Waals surface area contributed by atoms with Gasteiger partial charge in [-0.05, 0) is 24.1 Å². The van der Waals surface area contributed by atoms with Gasteiger partial charge in [-0.2, -0.15) is 0 Å². The maximum atomic E-state index is 12.4. The van der Waals surface area contributed by atoms with Crippen molar-refractivity contribution in [3.63, 3.8) is 0 Å². The summed E-state index contributed by atoms with van der Waals surface area (Å²) in [5.74, 6) is -0.0816. The number of nitrogens with zero attached hydrogens (tertiary/aromatic N) is 1. The second-order valence-electron chi connectivity index (χ2n) is 6.42. The third-order valence-electron chi connectivity index (χ3n) is 3.95. The van der Waals surface area contributed by atoms with Crippen LogP contribution in [0.2, 0.25) is 0 Å². The summed E-state index contributed by atoms with van der Waals surface area (Å²) in [6.07, 6.45) is 0.252. The normalized spacial score (nSPS) is 18.1. The first-order chi connectivity index (χ1) is 10.9. The maximum Gasteiger partial charge on any atom is 0.323 e. The first-order valence-corrected chi connectivity index (χ1v) is 7.73. The Balaban J connectivity index is 1.68. The molecule has 3 rings (SSSR count). The van der Waals surface area contributed by atoms with E-state index in [9.17, 15) is 14.4 Å². The molecule has 7 nitrogen and oxygen atoms in total. The van der Waals surface area contributed by atoms with E-state index < -0.39 is 0 Å². The molecular weight excluding hydrogens is 296 g/mol. The zero-order chi connectivity index (χ0) is 16.6. The van der Waals surface area contributed by atoms with Gasteiger partial charge in [-0.15, -0.1) is 0 Å². The first-order valence-electron chi connectivity index (χ1n) is 7.73. The van der Waals surface area contributed by atoms with Crippen LogP contribution in [0, 0.1) is 11.8 Å². The summed E-state index contributed by atoms with van der Waals surface area (Å²) < 4.78 is 0. The van der Waals surface area contributed by atoms with Crippen LogP contribution in [0.3, 0.4) is 0 Å². The molecule has 1 aliphatic heterocycles. The minimum absolute atomic E-state index is 0.0317. The quantitative estimate of drug-likeness (QED) is 0.793. The molecule has 122 valence electrons. The molecular formula is C16H20N4O3. The van der Waals surface area contributed by atoms with Crippen LogP contribution in [0.15, 0.2) is 23.0 Å². The van der Waals surface area contributed by atoms with Crippen molar-refractivity contribution in [2.75, 3.05) is 18.4 Å². The topological polar surface area (TPSA) is 98.1 Å². The smallest absolute Gasteiger partial charge is 0.323 e. The molecule has 0 aliphatic carbocycles. The van der Waals surface area contributed by atoms with Crippen LogP contribution >= 0.6 is 0 Å². The van der Waals surface area contributed by atoms with Crippen molar-refractivity contribution in [2.24, 2.45) is 11.8 Å². The Bertz CT molecular complexity index is 805. The number of H-pyrrole nitrogens is 2. The number of likely N-dealkylation sites (tertiary alicyclic amines) is 1. The van der Waals surface area contributed by atoms with Gasteiger partial charge in [0.1, 0.15) is 0 Å². The van der Waals surface area contributed by atoms with Crippen molar-refractivity contribution in [3.05, 3.63) is 28.7 Å². The molecule has 0 bridgehead atoms. The van der Waals surface area contributed by atoms with Crippen molar-refractivity contribution in [3.8, 4) is 0 Å². The Labute approximate surface area is 133 Å². The van der Waals surface area contributed by atoms with E-state index in [0.717, 1.165) is 0 Å². The van der Waals surface area contributed by atoms with Crippen molar-refractivity contribution in [1.82, 2.24) is 14.9 Å². The van der Waals surface area contributed by atoms with E-state index in [-0.39, 0.29) is 29.8 Å². The van der Waals surface area contributed by atoms with E-state index in [1.54, 1.807) is 23.1 Å². The number of hydrogen-bond acceptors (Lipinski definition) is 3. The van der Waals surface area contributed by atoms with Gasteiger partial charge in [-0.3, -0.25) is 9.59 Å². The van der Waals surface area contributed by atoms with Gasteiger partial charge < -0.3 is 20.2 Å². The molecule has 1 unspecified atom stereocenters. The number of carbonyl (C=O) groups is 2. The lowest BCUT2D eigenvalue weighted by Crippen LogP contribution is -2.31. The van der Waals surface area contributed by atoms with Gasteiger partial charge in [0, 0.05) is 25.2 Å². The molecule has 2 heterocycles. The van der Waals surface area contributed by atoms with E-state index >= 15 is 0 Å². The lowest BCUT2D eigenvalue weighted by Gasteiger charge is -2.18. The van der Waals surface area contributed by atoms with Crippen LogP contribution in [0.1, 0.15) is 20.3 Å². The zero-order valence-corrected chi connectivity index (χ0v) is 13.2. The summed E-state index contributed by atoms with van der Waals surface area (Å²) in [6, 6.07) is 5.16. The molecule has 2 amide bonds. The molecule has 1 saturated heterocycles. The van der Waals surface area contributed by atoms with Crippen LogP contribution < -0.4 is 11.0 Å². The summed E-state index contributed by atoms with van der Waals surface area (Å²) in [5.41, 5.74) is 1.64. The summed E-state index contributed by atoms with van der Waals surface area (Å²) in [5, 5.41) is 2.83. The van der Waals surface area contributed by atoms with Crippen LogP contribution in [-0.2, 0) is 9.59 Å². The fourth-order valence-corrected chi connectivity index (χ4v) is 2.92. The minimum atomic E-state index is -0.331. The number of aromatic amines is 2. The van der Waals surface area contributed by atoms with Gasteiger partial charge in [0.05, 0.1) is 17.0 Å². The summed E-state index contributed by atoms with van der Waals surface area (Å²) in [4.78, 5) is 42.6. The van der Waals surface area contributed by atoms with Gasteiger partial charge in [0.2, 0.25) is 11.8 Å². The number of hydrogen-bond donors (Lipinski definition) is 3. The Morgan fingerprint density at radius 3 is 2.78 bits per heavy atom. The molecule has 0 saturated carbocycles. The predicted molar refractivity (Wildman–Crippen MR) is 87.1 cm³/mol. The highest BCUT2D eigenvalue weighted by Gasteiger charge is 2.34. The monoisotopic (exact) mass is 316 g/mol. The van der Waals surface area contributed by atoms with E-state index in [1.807, 2.05) is 13.8 Å². The van der Waals surface area contributed by atoms with Crippen LogP contribution in [0.25, 0.3) is 11.0 Å². The number of carbonyl (C=O) groups excluding carboxylic acids is 2. The highest BCUT2D eigenvalue weighted by Crippen LogP contribution is 2.22. The fourth-order valence-electron chi connectivity index (χ4n) is 2.92. The Hall–Kier alpha value is -2.57. The Kier molecular flexibility index (Phi) is 3.94. The molecule has 7 heteroatoms. The number of amides is 2. The lowest BCUT2D eigenvalue weighted by molar-refractivity contribution is -0.128.